The molecule has 8 nitrogen and oxygen atoms in total. The first-order valence-corrected chi connectivity index (χ1v) is 19.8. The number of nitrogens with zero attached hydrogens (tertiary/aromatic N) is 2. The van der Waals surface area contributed by atoms with Crippen LogP contribution in [0.4, 0.5) is 0 Å². The number of hydrogen-bond acceptors (Lipinski definition) is 8. The Bertz CT molecular complexity index is 1820. The maximum absolute atomic E-state index is 13.5. The highest BCUT2D eigenvalue weighted by Crippen LogP contribution is 2.36. The van der Waals surface area contributed by atoms with Gasteiger partial charge in [0.25, 0.3) is 0 Å². The topological polar surface area (TPSA) is 99.5 Å². The second-order valence-corrected chi connectivity index (χ2v) is 15.6. The van der Waals surface area contributed by atoms with E-state index < -0.39 is 24.1 Å². The number of esters is 2. The van der Waals surface area contributed by atoms with Crippen LogP contribution in [-0.2, 0) is 9.59 Å². The van der Waals surface area contributed by atoms with Gasteiger partial charge in [0, 0.05) is 58.4 Å². The van der Waals surface area contributed by atoms with E-state index in [9.17, 15) is 19.8 Å². The van der Waals surface area contributed by atoms with Crippen LogP contribution in [0.1, 0.15) is 77.6 Å². The Morgan fingerprint density at radius 2 is 0.875 bits per heavy atom. The molecule has 0 spiro atoms. The van der Waals surface area contributed by atoms with Gasteiger partial charge in [-0.25, -0.2) is 9.59 Å². The van der Waals surface area contributed by atoms with Crippen LogP contribution in [0.2, 0.25) is 10.0 Å². The van der Waals surface area contributed by atoms with E-state index in [1.807, 2.05) is 72.8 Å². The van der Waals surface area contributed by atoms with E-state index in [4.69, 9.17) is 32.7 Å². The molecule has 0 amide bonds. The highest BCUT2D eigenvalue weighted by atomic mass is 35.5. The Labute approximate surface area is 342 Å². The molecule has 298 valence electrons. The molecule has 10 heteroatoms. The summed E-state index contributed by atoms with van der Waals surface area (Å²) in [6, 6.07) is 29.8. The Hall–Kier alpha value is -4.28. The molecule has 0 aliphatic rings. The van der Waals surface area contributed by atoms with E-state index in [1.54, 1.807) is 24.3 Å². The number of aliphatic hydroxyl groups excluding tert-OH is 2. The van der Waals surface area contributed by atoms with E-state index in [0.717, 1.165) is 22.3 Å². The minimum Gasteiger partial charge on any atom is -0.424 e. The van der Waals surface area contributed by atoms with Crippen molar-refractivity contribution in [3.63, 3.8) is 0 Å². The standard InChI is InChI=1S/C46H54Cl2N2O6/c1-29(2)49(30(3)4)25-23-37(33-15-11-9-12-16-33)39-27-35(47)19-21-41(39)55-45(53)43(51)44(52)46(54)56-42-22-20-36(48)28-40(42)38(34-17-13-10-14-18-34)24-26-50(31(5)6)32(7)8/h9-24,27-32,43-44,51-52H,25-26H2,1-8H3. The molecule has 0 aromatic heterocycles. The molecule has 0 aliphatic heterocycles. The van der Waals surface area contributed by atoms with Gasteiger partial charge in [-0.1, -0.05) is 96.0 Å². The van der Waals surface area contributed by atoms with Crippen molar-refractivity contribution in [3.8, 4) is 11.5 Å². The second-order valence-electron chi connectivity index (χ2n) is 14.7. The van der Waals surface area contributed by atoms with Crippen molar-refractivity contribution in [3.05, 3.63) is 142 Å². The molecule has 0 fully saturated rings. The van der Waals surface area contributed by atoms with Gasteiger partial charge in [0.05, 0.1) is 0 Å². The summed E-state index contributed by atoms with van der Waals surface area (Å²) in [5.41, 5.74) is 4.19. The van der Waals surface area contributed by atoms with Crippen LogP contribution in [0.25, 0.3) is 11.1 Å². The number of aliphatic hydroxyl groups is 2. The zero-order valence-corrected chi connectivity index (χ0v) is 35.0. The van der Waals surface area contributed by atoms with E-state index in [0.29, 0.717) is 34.3 Å². The largest absolute Gasteiger partial charge is 0.424 e. The molecule has 2 N–H and O–H groups in total. The molecule has 4 rings (SSSR count). The van der Waals surface area contributed by atoms with Crippen LogP contribution in [0.5, 0.6) is 11.5 Å². The lowest BCUT2D eigenvalue weighted by Gasteiger charge is -2.29. The average Bonchev–Trinajstić information content (AvgIpc) is 3.16. The summed E-state index contributed by atoms with van der Waals surface area (Å²) in [6.45, 7) is 18.2. The molecular weight excluding hydrogens is 747 g/mol. The molecular formula is C46H54Cl2N2O6. The maximum Gasteiger partial charge on any atom is 0.343 e. The van der Waals surface area contributed by atoms with Crippen LogP contribution in [-0.4, -0.2) is 81.4 Å². The third-order valence-corrected chi connectivity index (χ3v) is 9.97. The highest BCUT2D eigenvalue weighted by molar-refractivity contribution is 6.31. The van der Waals surface area contributed by atoms with E-state index >= 15 is 0 Å². The fraction of sp³-hybridized carbons (Fsp3) is 0.348. The summed E-state index contributed by atoms with van der Waals surface area (Å²) in [5, 5.41) is 22.9. The van der Waals surface area contributed by atoms with E-state index in [2.05, 4.69) is 65.2 Å². The molecule has 0 heterocycles. The fourth-order valence-electron chi connectivity index (χ4n) is 6.63. The average molecular weight is 802 g/mol. The van der Waals surface area contributed by atoms with Crippen molar-refractivity contribution in [1.29, 1.82) is 0 Å². The smallest absolute Gasteiger partial charge is 0.343 e. The zero-order chi connectivity index (χ0) is 41.1. The Morgan fingerprint density at radius 3 is 1.18 bits per heavy atom. The molecule has 0 radical (unpaired) electrons. The Balaban J connectivity index is 1.63. The van der Waals surface area contributed by atoms with Crippen LogP contribution in [0.3, 0.4) is 0 Å². The van der Waals surface area contributed by atoms with E-state index in [-0.39, 0.29) is 35.7 Å². The van der Waals surface area contributed by atoms with Crippen LogP contribution in [0.15, 0.2) is 109 Å². The number of ether oxygens (including phenoxy) is 2. The molecule has 4 aromatic carbocycles. The van der Waals surface area contributed by atoms with Gasteiger partial charge in [0.15, 0.2) is 12.2 Å². The zero-order valence-electron chi connectivity index (χ0n) is 33.4. The SMILES string of the molecule is CC(C)N(CC=C(c1ccccc1)c1cc(Cl)ccc1OC(=O)C(O)C(O)C(=O)Oc1ccc(Cl)cc1C(=CCN(C(C)C)C(C)C)c1ccccc1)C(C)C. The molecule has 2 unspecified atom stereocenters. The first-order valence-electron chi connectivity index (χ1n) is 19.0. The summed E-state index contributed by atoms with van der Waals surface area (Å²) >= 11 is 13.0. The van der Waals surface area contributed by atoms with Gasteiger partial charge in [-0.05, 0) is 114 Å². The van der Waals surface area contributed by atoms with Gasteiger partial charge < -0.3 is 19.7 Å². The fourth-order valence-corrected chi connectivity index (χ4v) is 6.97. The van der Waals surface area contributed by atoms with Crippen molar-refractivity contribution in [2.24, 2.45) is 0 Å². The lowest BCUT2D eigenvalue weighted by atomic mass is 9.96. The van der Waals surface area contributed by atoms with E-state index in [1.165, 1.54) is 12.1 Å². The summed E-state index contributed by atoms with van der Waals surface area (Å²) in [6.07, 6.45) is -0.464. The number of rotatable bonds is 17. The number of carbonyl (C=O) groups is 2. The van der Waals surface area contributed by atoms with Crippen molar-refractivity contribution in [1.82, 2.24) is 9.80 Å². The first-order chi connectivity index (χ1) is 26.6. The monoisotopic (exact) mass is 800 g/mol. The van der Waals surface area contributed by atoms with Crippen molar-refractivity contribution in [2.75, 3.05) is 13.1 Å². The molecule has 0 saturated carbocycles. The first kappa shape index (κ1) is 44.4. The van der Waals surface area contributed by atoms with Gasteiger partial charge in [0.2, 0.25) is 0 Å². The lowest BCUT2D eigenvalue weighted by Crippen LogP contribution is -2.44. The second kappa shape index (κ2) is 20.8. The number of carbonyl (C=O) groups excluding carboxylic acids is 2. The highest BCUT2D eigenvalue weighted by Gasteiger charge is 2.35. The maximum atomic E-state index is 13.5. The molecule has 0 saturated heterocycles. The number of benzene rings is 4. The van der Waals surface area contributed by atoms with Crippen LogP contribution in [0, 0.1) is 0 Å². The van der Waals surface area contributed by atoms with Gasteiger partial charge >= 0.3 is 11.9 Å². The quantitative estimate of drug-likeness (QED) is 0.0806. The predicted octanol–water partition coefficient (Wildman–Crippen LogP) is 9.33. The summed E-state index contributed by atoms with van der Waals surface area (Å²) in [4.78, 5) is 31.6. The van der Waals surface area contributed by atoms with Gasteiger partial charge in [-0.2, -0.15) is 0 Å². The Kier molecular flexibility index (Phi) is 16.5. The van der Waals surface area contributed by atoms with Crippen LogP contribution < -0.4 is 9.47 Å². The normalized spacial score (nSPS) is 13.6. The lowest BCUT2D eigenvalue weighted by molar-refractivity contribution is -0.162. The van der Waals surface area contributed by atoms with Gasteiger partial charge in [-0.15, -0.1) is 0 Å². The number of halogens is 2. The molecule has 2 atom stereocenters. The summed E-state index contributed by atoms with van der Waals surface area (Å²) in [5.74, 6) is -2.33. The van der Waals surface area contributed by atoms with Crippen molar-refractivity contribution < 1.29 is 29.3 Å². The molecule has 0 bridgehead atoms. The molecule has 4 aromatic rings. The number of hydrogen-bond donors (Lipinski definition) is 2. The predicted molar refractivity (Wildman–Crippen MR) is 227 cm³/mol. The summed E-state index contributed by atoms with van der Waals surface area (Å²) < 4.78 is 11.4. The molecule has 0 aliphatic carbocycles. The van der Waals surface area contributed by atoms with Crippen LogP contribution >= 0.6 is 23.2 Å². The summed E-state index contributed by atoms with van der Waals surface area (Å²) in [7, 11) is 0. The Morgan fingerprint density at radius 1 is 0.554 bits per heavy atom. The van der Waals surface area contributed by atoms with Crippen molar-refractivity contribution in [2.45, 2.75) is 91.8 Å². The van der Waals surface area contributed by atoms with Gasteiger partial charge in [-0.3, -0.25) is 9.80 Å². The third kappa shape index (κ3) is 11.9. The molecule has 56 heavy (non-hydrogen) atoms. The minimum absolute atomic E-state index is 0.0873. The van der Waals surface area contributed by atoms with Crippen molar-refractivity contribution >= 4 is 46.3 Å². The van der Waals surface area contributed by atoms with Gasteiger partial charge in [0.1, 0.15) is 11.5 Å². The third-order valence-electron chi connectivity index (χ3n) is 9.50. The minimum atomic E-state index is -2.28.